The van der Waals surface area contributed by atoms with Crippen LogP contribution in [-0.4, -0.2) is 19.1 Å². The molecule has 1 aliphatic heterocycles. The van der Waals surface area contributed by atoms with Crippen molar-refractivity contribution in [3.05, 3.63) is 59.7 Å². The Morgan fingerprint density at radius 1 is 1.17 bits per heavy atom. The van der Waals surface area contributed by atoms with Gasteiger partial charge in [0.25, 0.3) is 5.91 Å². The van der Waals surface area contributed by atoms with Crippen molar-refractivity contribution in [2.75, 3.05) is 13.2 Å². The average Bonchev–Trinajstić information content (AvgIpc) is 2.55. The van der Waals surface area contributed by atoms with E-state index in [2.05, 4.69) is 5.32 Å². The molecule has 0 saturated heterocycles. The molecule has 1 unspecified atom stereocenters. The number of fused-ring (bicyclic) bond motifs is 1. The molecule has 1 N–H and O–H groups in total. The maximum Gasteiger partial charge on any atom is 0.258 e. The first-order valence-corrected chi connectivity index (χ1v) is 7.22. The molecule has 1 heterocycles. The van der Waals surface area contributed by atoms with Crippen LogP contribution in [0.25, 0.3) is 0 Å². The molecule has 0 aliphatic carbocycles. The van der Waals surface area contributed by atoms with Crippen molar-refractivity contribution >= 4 is 5.91 Å². The van der Waals surface area contributed by atoms with Gasteiger partial charge in [0.05, 0.1) is 12.6 Å². The molecule has 0 spiro atoms. The quantitative estimate of drug-likeness (QED) is 0.942. The van der Waals surface area contributed by atoms with Crippen LogP contribution in [0.3, 0.4) is 0 Å². The minimum atomic E-state index is -0.379. The summed E-state index contributed by atoms with van der Waals surface area (Å²) in [5.74, 6) is -0.113. The number of carbonyl (C=O) groups excluding carboxylic acids is 1. The van der Waals surface area contributed by atoms with Crippen molar-refractivity contribution in [2.45, 2.75) is 12.5 Å². The number of nitrogens with one attached hydrogen (secondary N) is 1. The molecular formula is C17H15F2NO3. The maximum absolute atomic E-state index is 13.4. The SMILES string of the molecule is O=C(COc1ccc(F)cc1)NC1CCOc2ccc(F)cc21. The number of carbonyl (C=O) groups is 1. The lowest BCUT2D eigenvalue weighted by Gasteiger charge is -2.26. The van der Waals surface area contributed by atoms with Gasteiger partial charge in [0.2, 0.25) is 0 Å². The fourth-order valence-electron chi connectivity index (χ4n) is 2.43. The fourth-order valence-corrected chi connectivity index (χ4v) is 2.43. The third-order valence-corrected chi connectivity index (χ3v) is 3.53. The van der Waals surface area contributed by atoms with E-state index in [1.165, 1.54) is 36.4 Å². The smallest absolute Gasteiger partial charge is 0.258 e. The van der Waals surface area contributed by atoms with Gasteiger partial charge in [-0.1, -0.05) is 0 Å². The molecule has 4 nitrogen and oxygen atoms in total. The molecule has 0 saturated carbocycles. The molecule has 0 bridgehead atoms. The van der Waals surface area contributed by atoms with Gasteiger partial charge in [0.15, 0.2) is 6.61 Å². The van der Waals surface area contributed by atoms with Crippen molar-refractivity contribution < 1.29 is 23.0 Å². The van der Waals surface area contributed by atoms with Crippen LogP contribution in [0.5, 0.6) is 11.5 Å². The normalized spacial score (nSPS) is 16.2. The number of rotatable bonds is 4. The van der Waals surface area contributed by atoms with E-state index in [1.807, 2.05) is 0 Å². The maximum atomic E-state index is 13.4. The van der Waals surface area contributed by atoms with Gasteiger partial charge in [-0.15, -0.1) is 0 Å². The minimum absolute atomic E-state index is 0.201. The van der Waals surface area contributed by atoms with E-state index in [9.17, 15) is 13.6 Å². The average molecular weight is 319 g/mol. The second-order valence-electron chi connectivity index (χ2n) is 5.18. The molecule has 1 aliphatic rings. The Morgan fingerprint density at radius 3 is 2.70 bits per heavy atom. The van der Waals surface area contributed by atoms with Crippen LogP contribution in [-0.2, 0) is 4.79 Å². The highest BCUT2D eigenvalue weighted by atomic mass is 19.1. The molecular weight excluding hydrogens is 304 g/mol. The highest BCUT2D eigenvalue weighted by Crippen LogP contribution is 2.32. The summed E-state index contributed by atoms with van der Waals surface area (Å²) in [5, 5.41) is 2.80. The minimum Gasteiger partial charge on any atom is -0.493 e. The van der Waals surface area contributed by atoms with E-state index in [-0.39, 0.29) is 30.2 Å². The molecule has 3 rings (SSSR count). The lowest BCUT2D eigenvalue weighted by atomic mass is 10.0. The first-order valence-electron chi connectivity index (χ1n) is 7.22. The Balaban J connectivity index is 1.60. The second-order valence-corrected chi connectivity index (χ2v) is 5.18. The standard InChI is InChI=1S/C17H15F2NO3/c18-11-1-4-13(5-2-11)23-10-17(21)20-15-7-8-22-16-6-3-12(19)9-14(15)16/h1-6,9,15H,7-8,10H2,(H,20,21). The van der Waals surface area contributed by atoms with E-state index in [4.69, 9.17) is 9.47 Å². The highest BCUT2D eigenvalue weighted by molar-refractivity contribution is 5.78. The molecule has 2 aromatic rings. The van der Waals surface area contributed by atoms with Crippen molar-refractivity contribution in [1.29, 1.82) is 0 Å². The first-order chi connectivity index (χ1) is 11.1. The molecule has 2 aromatic carbocycles. The van der Waals surface area contributed by atoms with Crippen LogP contribution in [0.4, 0.5) is 8.78 Å². The number of hydrogen-bond acceptors (Lipinski definition) is 3. The highest BCUT2D eigenvalue weighted by Gasteiger charge is 2.23. The topological polar surface area (TPSA) is 47.6 Å². The Morgan fingerprint density at radius 2 is 1.91 bits per heavy atom. The molecule has 6 heteroatoms. The summed E-state index contributed by atoms with van der Waals surface area (Å²) in [5.41, 5.74) is 0.617. The fraction of sp³-hybridized carbons (Fsp3) is 0.235. The van der Waals surface area contributed by atoms with Gasteiger partial charge in [-0.25, -0.2) is 8.78 Å². The van der Waals surface area contributed by atoms with E-state index in [0.717, 1.165) is 0 Å². The monoisotopic (exact) mass is 319 g/mol. The van der Waals surface area contributed by atoms with Gasteiger partial charge < -0.3 is 14.8 Å². The molecule has 23 heavy (non-hydrogen) atoms. The third kappa shape index (κ3) is 3.77. The van der Waals surface area contributed by atoms with Crippen LogP contribution < -0.4 is 14.8 Å². The predicted octanol–water partition coefficient (Wildman–Crippen LogP) is 2.98. The summed E-state index contributed by atoms with van der Waals surface area (Å²) in [7, 11) is 0. The summed E-state index contributed by atoms with van der Waals surface area (Å²) in [4.78, 5) is 12.0. The Kier molecular flexibility index (Phi) is 4.41. The zero-order valence-electron chi connectivity index (χ0n) is 12.2. The van der Waals surface area contributed by atoms with Crippen LogP contribution >= 0.6 is 0 Å². The zero-order chi connectivity index (χ0) is 16.2. The second kappa shape index (κ2) is 6.64. The van der Waals surface area contributed by atoms with E-state index in [1.54, 1.807) is 6.07 Å². The molecule has 1 amide bonds. The third-order valence-electron chi connectivity index (χ3n) is 3.53. The van der Waals surface area contributed by atoms with Crippen LogP contribution in [0.2, 0.25) is 0 Å². The van der Waals surface area contributed by atoms with Crippen LogP contribution in [0, 0.1) is 11.6 Å². The van der Waals surface area contributed by atoms with E-state index < -0.39 is 0 Å². The van der Waals surface area contributed by atoms with Crippen molar-refractivity contribution in [2.24, 2.45) is 0 Å². The van der Waals surface area contributed by atoms with E-state index >= 15 is 0 Å². The summed E-state index contributed by atoms with van der Waals surface area (Å²) < 4.78 is 36.9. The predicted molar refractivity (Wildman–Crippen MR) is 79.3 cm³/mol. The first kappa shape index (κ1) is 15.3. The van der Waals surface area contributed by atoms with Gasteiger partial charge in [-0.2, -0.15) is 0 Å². The zero-order valence-corrected chi connectivity index (χ0v) is 12.2. The van der Waals surface area contributed by atoms with Gasteiger partial charge >= 0.3 is 0 Å². The summed E-state index contributed by atoms with van der Waals surface area (Å²) >= 11 is 0. The molecule has 1 atom stereocenters. The number of hydrogen-bond donors (Lipinski definition) is 1. The Labute approximate surface area is 132 Å². The summed E-state index contributed by atoms with van der Waals surface area (Å²) in [6, 6.07) is 9.32. The van der Waals surface area contributed by atoms with Gasteiger partial charge in [0.1, 0.15) is 23.1 Å². The van der Waals surface area contributed by atoms with Gasteiger partial charge in [-0.05, 0) is 42.5 Å². The number of amides is 1. The lowest BCUT2D eigenvalue weighted by Crippen LogP contribution is -2.35. The van der Waals surface area contributed by atoms with Gasteiger partial charge in [-0.3, -0.25) is 4.79 Å². The van der Waals surface area contributed by atoms with Crippen molar-refractivity contribution in [3.8, 4) is 11.5 Å². The Hall–Kier alpha value is -2.63. The molecule has 0 radical (unpaired) electrons. The van der Waals surface area contributed by atoms with E-state index in [0.29, 0.717) is 30.1 Å². The number of halogens is 2. The molecule has 0 fully saturated rings. The summed E-state index contributed by atoms with van der Waals surface area (Å²) in [6.07, 6.45) is 0.554. The van der Waals surface area contributed by atoms with Crippen molar-refractivity contribution in [3.63, 3.8) is 0 Å². The van der Waals surface area contributed by atoms with Crippen LogP contribution in [0.1, 0.15) is 18.0 Å². The lowest BCUT2D eigenvalue weighted by molar-refractivity contribution is -0.124. The number of ether oxygens (including phenoxy) is 2. The Bertz CT molecular complexity index is 703. The number of benzene rings is 2. The largest absolute Gasteiger partial charge is 0.493 e. The van der Waals surface area contributed by atoms with Gasteiger partial charge in [0, 0.05) is 12.0 Å². The summed E-state index contributed by atoms with van der Waals surface area (Å²) in [6.45, 7) is 0.246. The molecule has 0 aromatic heterocycles. The van der Waals surface area contributed by atoms with Crippen LogP contribution in [0.15, 0.2) is 42.5 Å². The van der Waals surface area contributed by atoms with Crippen molar-refractivity contribution in [1.82, 2.24) is 5.32 Å². The molecule has 120 valence electrons.